The number of anilines is 2. The van der Waals surface area contributed by atoms with Gasteiger partial charge in [0.1, 0.15) is 6.54 Å². The van der Waals surface area contributed by atoms with Crippen LogP contribution in [-0.4, -0.2) is 41.4 Å². The van der Waals surface area contributed by atoms with Gasteiger partial charge in [0.15, 0.2) is 12.1 Å². The Bertz CT molecular complexity index is 994. The van der Waals surface area contributed by atoms with E-state index in [1.807, 2.05) is 0 Å². The summed E-state index contributed by atoms with van der Waals surface area (Å²) in [7, 11) is 0. The average Bonchev–Trinajstić information content (AvgIpc) is 3.20. The summed E-state index contributed by atoms with van der Waals surface area (Å²) in [5, 5.41) is 12.3. The molecule has 0 aliphatic carbocycles. The number of carbonyl (C=O) groups excluding carboxylic acids is 3. The first-order valence-corrected chi connectivity index (χ1v) is 9.00. The summed E-state index contributed by atoms with van der Waals surface area (Å²) in [5.41, 5.74) is 1.78. The highest BCUT2D eigenvalue weighted by Crippen LogP contribution is 2.31. The summed E-state index contributed by atoms with van der Waals surface area (Å²) in [5.74, 6) is -1.28. The molecule has 2 aromatic carbocycles. The van der Waals surface area contributed by atoms with Crippen LogP contribution in [0.1, 0.15) is 5.56 Å². The van der Waals surface area contributed by atoms with Crippen molar-refractivity contribution in [3.05, 3.63) is 59.1 Å². The smallest absolute Gasteiger partial charge is 0.263 e. The van der Waals surface area contributed by atoms with Crippen molar-refractivity contribution in [1.82, 2.24) is 5.01 Å². The molecule has 0 spiro atoms. The quantitative estimate of drug-likeness (QED) is 0.802. The van der Waals surface area contributed by atoms with E-state index in [2.05, 4.69) is 15.7 Å². The highest BCUT2D eigenvalue weighted by molar-refractivity contribution is 6.31. The number of imide groups is 1. The molecule has 142 valence electrons. The molecule has 0 bridgehead atoms. The predicted octanol–water partition coefficient (Wildman–Crippen LogP) is 2.58. The fraction of sp³-hybridized carbons (Fsp3) is 0.211. The van der Waals surface area contributed by atoms with Gasteiger partial charge in [-0.3, -0.25) is 19.4 Å². The maximum absolute atomic E-state index is 12.8. The standard InChI is InChI=1S/C19H16ClN5O3/c1-11-13(20)8-5-9-14(11)21-15(26)10-24-17-16(22-23-24)18(27)25(19(17)28)12-6-3-2-4-7-12/h2-9,16-17H,10H2,1H3,(H,21,26)/t16-,17+/m1/s1. The van der Waals surface area contributed by atoms with E-state index in [-0.39, 0.29) is 12.5 Å². The second-order valence-electron chi connectivity index (χ2n) is 6.50. The van der Waals surface area contributed by atoms with Gasteiger partial charge in [0, 0.05) is 10.7 Å². The third kappa shape index (κ3) is 3.01. The van der Waals surface area contributed by atoms with E-state index < -0.39 is 23.9 Å². The predicted molar refractivity (Wildman–Crippen MR) is 103 cm³/mol. The van der Waals surface area contributed by atoms with Crippen molar-refractivity contribution in [2.75, 3.05) is 16.8 Å². The zero-order valence-corrected chi connectivity index (χ0v) is 15.6. The molecule has 2 aliphatic heterocycles. The Morgan fingerprint density at radius 1 is 1.11 bits per heavy atom. The number of halogens is 1. The van der Waals surface area contributed by atoms with Gasteiger partial charge in [-0.15, -0.1) is 0 Å². The highest BCUT2D eigenvalue weighted by atomic mass is 35.5. The molecule has 9 heteroatoms. The van der Waals surface area contributed by atoms with Crippen molar-refractivity contribution in [3.8, 4) is 0 Å². The first-order valence-electron chi connectivity index (χ1n) is 8.62. The molecule has 2 aliphatic rings. The Hall–Kier alpha value is -3.26. The Morgan fingerprint density at radius 3 is 2.61 bits per heavy atom. The summed E-state index contributed by atoms with van der Waals surface area (Å²) >= 11 is 6.07. The molecule has 8 nitrogen and oxygen atoms in total. The average molecular weight is 398 g/mol. The lowest BCUT2D eigenvalue weighted by Crippen LogP contribution is -2.43. The number of para-hydroxylation sites is 1. The number of rotatable bonds is 4. The molecule has 4 rings (SSSR count). The summed E-state index contributed by atoms with van der Waals surface area (Å²) in [6.45, 7) is 1.58. The number of fused-ring (bicyclic) bond motifs is 1. The summed E-state index contributed by atoms with van der Waals surface area (Å²) in [6, 6.07) is 12.0. The van der Waals surface area contributed by atoms with Crippen LogP contribution in [0.3, 0.4) is 0 Å². The molecule has 2 heterocycles. The van der Waals surface area contributed by atoms with Gasteiger partial charge >= 0.3 is 0 Å². The van der Waals surface area contributed by atoms with Crippen molar-refractivity contribution in [2.45, 2.75) is 19.0 Å². The Balaban J connectivity index is 1.49. The van der Waals surface area contributed by atoms with Crippen molar-refractivity contribution in [2.24, 2.45) is 10.3 Å². The molecule has 2 aromatic rings. The van der Waals surface area contributed by atoms with Crippen molar-refractivity contribution < 1.29 is 14.4 Å². The van der Waals surface area contributed by atoms with E-state index in [4.69, 9.17) is 11.6 Å². The van der Waals surface area contributed by atoms with Crippen LogP contribution in [0.4, 0.5) is 11.4 Å². The third-order valence-corrected chi connectivity index (χ3v) is 5.13. The molecule has 0 aromatic heterocycles. The van der Waals surface area contributed by atoms with Gasteiger partial charge < -0.3 is 5.32 Å². The number of carbonyl (C=O) groups is 3. The molecule has 1 saturated heterocycles. The molecular weight excluding hydrogens is 382 g/mol. The van der Waals surface area contributed by atoms with E-state index in [1.165, 1.54) is 5.01 Å². The first-order chi connectivity index (χ1) is 13.5. The fourth-order valence-electron chi connectivity index (χ4n) is 3.27. The van der Waals surface area contributed by atoms with E-state index in [9.17, 15) is 14.4 Å². The maximum atomic E-state index is 12.8. The normalized spacial score (nSPS) is 20.6. The number of nitrogens with one attached hydrogen (secondary N) is 1. The van der Waals surface area contributed by atoms with Crippen LogP contribution in [-0.2, 0) is 14.4 Å². The van der Waals surface area contributed by atoms with E-state index in [1.54, 1.807) is 55.5 Å². The number of benzene rings is 2. The SMILES string of the molecule is Cc1c(Cl)cccc1NC(=O)CN1N=N[C@H]2C(=O)N(c3ccccc3)C(=O)[C@H]21. The summed E-state index contributed by atoms with van der Waals surface area (Å²) in [6.07, 6.45) is 0. The lowest BCUT2D eigenvalue weighted by Gasteiger charge is -2.20. The fourth-order valence-corrected chi connectivity index (χ4v) is 3.44. The topological polar surface area (TPSA) is 94.4 Å². The second-order valence-corrected chi connectivity index (χ2v) is 6.91. The number of nitrogens with zero attached hydrogens (tertiary/aromatic N) is 4. The molecule has 1 fully saturated rings. The monoisotopic (exact) mass is 397 g/mol. The molecule has 1 N–H and O–H groups in total. The van der Waals surface area contributed by atoms with Gasteiger partial charge in [0.2, 0.25) is 5.91 Å². The van der Waals surface area contributed by atoms with Crippen LogP contribution < -0.4 is 10.2 Å². The molecule has 0 saturated carbocycles. The minimum Gasteiger partial charge on any atom is -0.324 e. The summed E-state index contributed by atoms with van der Waals surface area (Å²) < 4.78 is 0. The van der Waals surface area contributed by atoms with Crippen LogP contribution in [0, 0.1) is 6.92 Å². The van der Waals surface area contributed by atoms with Gasteiger partial charge in [0.05, 0.1) is 5.69 Å². The largest absolute Gasteiger partial charge is 0.324 e. The number of hydrogen-bond acceptors (Lipinski definition) is 6. The Kier molecular flexibility index (Phi) is 4.56. The van der Waals surface area contributed by atoms with Gasteiger partial charge in [-0.2, -0.15) is 5.11 Å². The van der Waals surface area contributed by atoms with Gasteiger partial charge in [-0.25, -0.2) is 4.90 Å². The molecular formula is C19H16ClN5O3. The van der Waals surface area contributed by atoms with E-state index in [0.29, 0.717) is 16.4 Å². The Labute approximate surface area is 165 Å². The minimum absolute atomic E-state index is 0.210. The first kappa shape index (κ1) is 18.1. The second kappa shape index (κ2) is 7.05. The van der Waals surface area contributed by atoms with Crippen LogP contribution in [0.5, 0.6) is 0 Å². The van der Waals surface area contributed by atoms with Crippen LogP contribution in [0.15, 0.2) is 58.9 Å². The van der Waals surface area contributed by atoms with Gasteiger partial charge in [-0.05, 0) is 36.8 Å². The van der Waals surface area contributed by atoms with E-state index >= 15 is 0 Å². The van der Waals surface area contributed by atoms with Gasteiger partial charge in [-0.1, -0.05) is 41.1 Å². The molecule has 0 radical (unpaired) electrons. The lowest BCUT2D eigenvalue weighted by atomic mass is 10.1. The van der Waals surface area contributed by atoms with Crippen LogP contribution in [0.25, 0.3) is 0 Å². The van der Waals surface area contributed by atoms with Crippen molar-refractivity contribution in [3.63, 3.8) is 0 Å². The van der Waals surface area contributed by atoms with Crippen molar-refractivity contribution >= 4 is 40.7 Å². The Morgan fingerprint density at radius 2 is 1.86 bits per heavy atom. The lowest BCUT2D eigenvalue weighted by molar-refractivity contribution is -0.123. The number of amides is 3. The summed E-state index contributed by atoms with van der Waals surface area (Å²) in [4.78, 5) is 39.0. The van der Waals surface area contributed by atoms with Crippen LogP contribution in [0.2, 0.25) is 5.02 Å². The van der Waals surface area contributed by atoms with Gasteiger partial charge in [0.25, 0.3) is 11.8 Å². The van der Waals surface area contributed by atoms with Crippen molar-refractivity contribution in [1.29, 1.82) is 0 Å². The molecule has 28 heavy (non-hydrogen) atoms. The molecule has 3 amide bonds. The van der Waals surface area contributed by atoms with Crippen LogP contribution >= 0.6 is 11.6 Å². The third-order valence-electron chi connectivity index (χ3n) is 4.72. The zero-order valence-electron chi connectivity index (χ0n) is 14.9. The molecule has 0 unspecified atom stereocenters. The minimum atomic E-state index is -0.937. The molecule has 2 atom stereocenters. The van der Waals surface area contributed by atoms with E-state index in [0.717, 1.165) is 10.5 Å². The zero-order chi connectivity index (χ0) is 19.8. The number of hydrogen-bond donors (Lipinski definition) is 1. The maximum Gasteiger partial charge on any atom is 0.263 e. The highest BCUT2D eigenvalue weighted by Gasteiger charge is 2.55.